The highest BCUT2D eigenvalue weighted by molar-refractivity contribution is 6.09. The Morgan fingerprint density at radius 1 is 1.19 bits per heavy atom. The van der Waals surface area contributed by atoms with Gasteiger partial charge < -0.3 is 16.5 Å². The van der Waals surface area contributed by atoms with Crippen LogP contribution in [0.15, 0.2) is 48.7 Å². The Hall–Kier alpha value is -3.09. The van der Waals surface area contributed by atoms with Gasteiger partial charge in [0.2, 0.25) is 0 Å². The molecule has 0 radical (unpaired) electrons. The van der Waals surface area contributed by atoms with Crippen molar-refractivity contribution in [1.29, 1.82) is 5.41 Å². The van der Waals surface area contributed by atoms with Crippen molar-refractivity contribution in [3.05, 3.63) is 76.7 Å². The number of hydrogen-bond acceptors (Lipinski definition) is 3. The third-order valence-electron chi connectivity index (χ3n) is 3.91. The largest absolute Gasteiger partial charge is 0.404 e. The van der Waals surface area contributed by atoms with Crippen LogP contribution in [0.25, 0.3) is 5.57 Å². The molecule has 7 heteroatoms. The van der Waals surface area contributed by atoms with Crippen LogP contribution in [-0.4, -0.2) is 12.1 Å². The van der Waals surface area contributed by atoms with Gasteiger partial charge in [0.15, 0.2) is 0 Å². The molecule has 2 aromatic rings. The minimum Gasteiger partial charge on any atom is -0.404 e. The van der Waals surface area contributed by atoms with Crippen molar-refractivity contribution >= 4 is 17.7 Å². The van der Waals surface area contributed by atoms with Crippen molar-refractivity contribution in [2.75, 3.05) is 0 Å². The van der Waals surface area contributed by atoms with Crippen molar-refractivity contribution < 1.29 is 18.0 Å². The van der Waals surface area contributed by atoms with Crippen LogP contribution in [0.3, 0.4) is 0 Å². The summed E-state index contributed by atoms with van der Waals surface area (Å²) in [6.07, 6.45) is -0.938. The summed E-state index contributed by atoms with van der Waals surface area (Å²) in [5.41, 5.74) is 5.45. The molecule has 0 spiro atoms. The zero-order valence-corrected chi connectivity index (χ0v) is 14.0. The summed E-state index contributed by atoms with van der Waals surface area (Å²) >= 11 is 0. The first-order valence-corrected chi connectivity index (χ1v) is 7.79. The Kier molecular flexibility index (Phi) is 6.16. The highest BCUT2D eigenvalue weighted by atomic mass is 19.3. The zero-order chi connectivity index (χ0) is 19.3. The fraction of sp³-hybridized carbons (Fsp3) is 0.158. The molecule has 0 saturated heterocycles. The second-order valence-electron chi connectivity index (χ2n) is 5.59. The van der Waals surface area contributed by atoms with E-state index in [1.165, 1.54) is 30.3 Å². The Bertz CT molecular complexity index is 850. The monoisotopic (exact) mass is 361 g/mol. The molecule has 0 aliphatic carbocycles. The summed E-state index contributed by atoms with van der Waals surface area (Å²) in [5, 5.41) is 9.84. The van der Waals surface area contributed by atoms with Gasteiger partial charge in [0.1, 0.15) is 5.82 Å². The van der Waals surface area contributed by atoms with Crippen LogP contribution in [0.2, 0.25) is 0 Å². The Morgan fingerprint density at radius 3 is 2.46 bits per heavy atom. The number of nitrogens with one attached hydrogen (secondary N) is 2. The zero-order valence-electron chi connectivity index (χ0n) is 14.0. The molecule has 0 aliphatic rings. The maximum atomic E-state index is 13.8. The normalized spacial score (nSPS) is 12.7. The Morgan fingerprint density at radius 2 is 1.88 bits per heavy atom. The van der Waals surface area contributed by atoms with Crippen molar-refractivity contribution in [1.82, 2.24) is 5.32 Å². The minimum absolute atomic E-state index is 0.00795. The van der Waals surface area contributed by atoms with Gasteiger partial charge in [0.05, 0.1) is 6.04 Å². The molecule has 0 aromatic heterocycles. The molecule has 136 valence electrons. The van der Waals surface area contributed by atoms with E-state index >= 15 is 0 Å². The van der Waals surface area contributed by atoms with Gasteiger partial charge in [0, 0.05) is 34.7 Å². The number of nitrogens with two attached hydrogens (primary N) is 1. The van der Waals surface area contributed by atoms with Crippen molar-refractivity contribution in [3.8, 4) is 0 Å². The molecule has 2 aromatic carbocycles. The molecule has 0 fully saturated rings. The minimum atomic E-state index is -2.85. The van der Waals surface area contributed by atoms with Gasteiger partial charge in [-0.1, -0.05) is 24.3 Å². The van der Waals surface area contributed by atoms with Gasteiger partial charge in [-0.2, -0.15) is 0 Å². The second kappa shape index (κ2) is 8.33. The summed E-state index contributed by atoms with van der Waals surface area (Å²) in [6, 6.07) is 9.08. The molecule has 1 atom stereocenters. The van der Waals surface area contributed by atoms with Gasteiger partial charge in [-0.15, -0.1) is 0 Å². The van der Waals surface area contributed by atoms with Crippen molar-refractivity contribution in [2.24, 2.45) is 5.73 Å². The predicted octanol–water partition coefficient (Wildman–Crippen LogP) is 4.20. The van der Waals surface area contributed by atoms with E-state index in [-0.39, 0.29) is 16.7 Å². The molecule has 0 heterocycles. The SMILES string of the molecule is CC(NC(=O)c1ccc(/C(C=N)=C/N)c(C(F)F)c1)c1ccccc1F. The topological polar surface area (TPSA) is 79.0 Å². The first-order chi connectivity index (χ1) is 12.4. The van der Waals surface area contributed by atoms with E-state index in [1.54, 1.807) is 13.0 Å². The van der Waals surface area contributed by atoms with Gasteiger partial charge in [-0.3, -0.25) is 4.79 Å². The number of alkyl halides is 2. The molecule has 0 aliphatic heterocycles. The average molecular weight is 361 g/mol. The number of hydrogen-bond donors (Lipinski definition) is 3. The summed E-state index contributed by atoms with van der Waals surface area (Å²) in [6.45, 7) is 1.60. The van der Waals surface area contributed by atoms with Gasteiger partial charge in [-0.25, -0.2) is 13.2 Å². The molecular weight excluding hydrogens is 343 g/mol. The van der Waals surface area contributed by atoms with Crippen LogP contribution in [0.4, 0.5) is 13.2 Å². The third kappa shape index (κ3) is 4.11. The van der Waals surface area contributed by atoms with E-state index in [4.69, 9.17) is 11.1 Å². The first kappa shape index (κ1) is 19.2. The highest BCUT2D eigenvalue weighted by Crippen LogP contribution is 2.28. The van der Waals surface area contributed by atoms with E-state index in [9.17, 15) is 18.0 Å². The van der Waals surface area contributed by atoms with Crippen LogP contribution >= 0.6 is 0 Å². The molecule has 4 nitrogen and oxygen atoms in total. The van der Waals surface area contributed by atoms with Crippen molar-refractivity contribution in [2.45, 2.75) is 19.4 Å². The smallest absolute Gasteiger partial charge is 0.264 e. The predicted molar refractivity (Wildman–Crippen MR) is 94.6 cm³/mol. The number of carbonyl (C=O) groups is 1. The number of allylic oxidation sites excluding steroid dienone is 1. The molecule has 2 rings (SSSR count). The first-order valence-electron chi connectivity index (χ1n) is 7.79. The van der Waals surface area contributed by atoms with E-state index in [0.717, 1.165) is 18.5 Å². The van der Waals surface area contributed by atoms with Crippen LogP contribution < -0.4 is 11.1 Å². The molecule has 4 N–H and O–H groups in total. The Labute approximate surface area is 149 Å². The fourth-order valence-corrected chi connectivity index (χ4v) is 2.55. The standard InChI is InChI=1S/C19H18F3N3O/c1-11(14-4-2-3-5-17(14)20)25-19(26)12-6-7-15(13(9-23)10-24)16(8-12)18(21)22/h2-11,18,23H,24H2,1H3,(H,25,26)/b13-10+,23-9?. The van der Waals surface area contributed by atoms with Gasteiger partial charge in [-0.05, 0) is 30.7 Å². The number of rotatable bonds is 6. The maximum Gasteiger partial charge on any atom is 0.264 e. The lowest BCUT2D eigenvalue weighted by Crippen LogP contribution is -2.27. The highest BCUT2D eigenvalue weighted by Gasteiger charge is 2.19. The van der Waals surface area contributed by atoms with Crippen LogP contribution in [0.5, 0.6) is 0 Å². The van der Waals surface area contributed by atoms with Crippen LogP contribution in [-0.2, 0) is 0 Å². The Balaban J connectivity index is 2.31. The molecule has 0 bridgehead atoms. The summed E-state index contributed by atoms with van der Waals surface area (Å²) in [7, 11) is 0. The lowest BCUT2D eigenvalue weighted by molar-refractivity contribution is 0.0939. The quantitative estimate of drug-likeness (QED) is 0.674. The number of halogens is 3. The number of amides is 1. The van der Waals surface area contributed by atoms with E-state index in [1.807, 2.05) is 0 Å². The lowest BCUT2D eigenvalue weighted by atomic mass is 9.98. The van der Waals surface area contributed by atoms with E-state index in [0.29, 0.717) is 5.56 Å². The average Bonchev–Trinajstić information content (AvgIpc) is 2.63. The molecule has 1 unspecified atom stereocenters. The molecule has 1 amide bonds. The number of benzene rings is 2. The van der Waals surface area contributed by atoms with Crippen LogP contribution in [0.1, 0.15) is 46.4 Å². The van der Waals surface area contributed by atoms with Gasteiger partial charge >= 0.3 is 0 Å². The summed E-state index contributed by atoms with van der Waals surface area (Å²) in [4.78, 5) is 12.4. The maximum absolute atomic E-state index is 13.8. The summed E-state index contributed by atoms with van der Waals surface area (Å²) in [5.74, 6) is -1.07. The lowest BCUT2D eigenvalue weighted by Gasteiger charge is -2.16. The summed E-state index contributed by atoms with van der Waals surface area (Å²) < 4.78 is 40.5. The van der Waals surface area contributed by atoms with Crippen LogP contribution in [0, 0.1) is 11.2 Å². The molecule has 26 heavy (non-hydrogen) atoms. The van der Waals surface area contributed by atoms with Gasteiger partial charge in [0.25, 0.3) is 12.3 Å². The van der Waals surface area contributed by atoms with E-state index in [2.05, 4.69) is 5.32 Å². The second-order valence-corrected chi connectivity index (χ2v) is 5.59. The van der Waals surface area contributed by atoms with Crippen molar-refractivity contribution in [3.63, 3.8) is 0 Å². The third-order valence-corrected chi connectivity index (χ3v) is 3.91. The van der Waals surface area contributed by atoms with E-state index < -0.39 is 29.8 Å². The molecule has 0 saturated carbocycles. The fourth-order valence-electron chi connectivity index (χ4n) is 2.55. The number of carbonyl (C=O) groups excluding carboxylic acids is 1. The molecular formula is C19H18F3N3O.